The third kappa shape index (κ3) is 3.27. The fraction of sp³-hybridized carbons (Fsp3) is 0.500. The Kier molecular flexibility index (Phi) is 4.23. The first kappa shape index (κ1) is 16.4. The molecule has 0 aliphatic rings. The van der Waals surface area contributed by atoms with E-state index in [1.165, 1.54) is 16.8 Å². The van der Waals surface area contributed by atoms with Crippen molar-refractivity contribution in [3.05, 3.63) is 29.7 Å². The summed E-state index contributed by atoms with van der Waals surface area (Å²) in [5.41, 5.74) is 5.40. The molecule has 0 amide bonds. The van der Waals surface area contributed by atoms with Crippen LogP contribution in [0.15, 0.2) is 18.5 Å². The fourth-order valence-corrected chi connectivity index (χ4v) is 1.96. The molecule has 0 bridgehead atoms. The van der Waals surface area contributed by atoms with Crippen LogP contribution in [0.1, 0.15) is 48.8 Å². The number of rotatable bonds is 5. The fourth-order valence-electron chi connectivity index (χ4n) is 1.96. The minimum Gasteiger partial charge on any atom is -0.323 e. The van der Waals surface area contributed by atoms with Gasteiger partial charge in [-0.3, -0.25) is 4.79 Å². The Bertz CT molecular complexity index is 678. The molecule has 8 heteroatoms. The molecule has 2 heterocycles. The first-order valence-electron chi connectivity index (χ1n) is 6.77. The van der Waals surface area contributed by atoms with Gasteiger partial charge in [-0.25, -0.2) is 9.50 Å². The quantitative estimate of drug-likeness (QED) is 0.861. The Morgan fingerprint density at radius 1 is 1.41 bits per heavy atom. The zero-order valence-electron chi connectivity index (χ0n) is 12.3. The molecule has 2 aromatic rings. The van der Waals surface area contributed by atoms with Gasteiger partial charge in [-0.15, -0.1) is 0 Å². The Labute approximate surface area is 125 Å². The summed E-state index contributed by atoms with van der Waals surface area (Å²) in [5, 5.41) is 3.99. The Morgan fingerprint density at radius 3 is 2.68 bits per heavy atom. The van der Waals surface area contributed by atoms with Crippen molar-refractivity contribution in [2.45, 2.75) is 38.9 Å². The van der Waals surface area contributed by atoms with E-state index in [1.807, 2.05) is 0 Å². The standard InChI is InChI=1S/C14H17F3N4O/c1-13(2,14(15,16)17)4-3-10(18)11-7-21-12(20-11)5-9(8-22)6-19-21/h5-8,10H,3-4,18H2,1-2H3/t10-/m0/s1. The number of fused-ring (bicyclic) bond motifs is 1. The summed E-state index contributed by atoms with van der Waals surface area (Å²) in [4.78, 5) is 14.9. The van der Waals surface area contributed by atoms with Crippen molar-refractivity contribution in [2.24, 2.45) is 11.1 Å². The van der Waals surface area contributed by atoms with E-state index in [0.717, 1.165) is 13.8 Å². The van der Waals surface area contributed by atoms with Gasteiger partial charge in [0.25, 0.3) is 0 Å². The number of nitrogens with two attached hydrogens (primary N) is 1. The highest BCUT2D eigenvalue weighted by atomic mass is 19.4. The van der Waals surface area contributed by atoms with Gasteiger partial charge >= 0.3 is 6.18 Å². The predicted octanol–water partition coefficient (Wildman–Crippen LogP) is 2.91. The SMILES string of the molecule is CC(C)(CC[C@H](N)c1cn2ncc(C=O)cc2n1)C(F)(F)F. The number of carbonyl (C=O) groups is 1. The molecule has 1 atom stereocenters. The lowest BCUT2D eigenvalue weighted by Gasteiger charge is -2.28. The summed E-state index contributed by atoms with van der Waals surface area (Å²) in [6.07, 6.45) is -0.631. The average molecular weight is 314 g/mol. The van der Waals surface area contributed by atoms with E-state index < -0.39 is 17.6 Å². The maximum atomic E-state index is 12.8. The van der Waals surface area contributed by atoms with Crippen molar-refractivity contribution in [1.82, 2.24) is 14.6 Å². The molecule has 2 N–H and O–H groups in total. The second-order valence-electron chi connectivity index (χ2n) is 5.90. The normalized spacial score (nSPS) is 14.3. The molecular formula is C14H17F3N4O. The number of alkyl halides is 3. The number of aromatic nitrogens is 3. The zero-order valence-corrected chi connectivity index (χ0v) is 12.3. The van der Waals surface area contributed by atoms with Gasteiger partial charge in [0.2, 0.25) is 0 Å². The highest BCUT2D eigenvalue weighted by Gasteiger charge is 2.46. The summed E-state index contributed by atoms with van der Waals surface area (Å²) in [7, 11) is 0. The molecule has 0 fully saturated rings. The van der Waals surface area contributed by atoms with E-state index in [0.29, 0.717) is 23.2 Å². The van der Waals surface area contributed by atoms with Crippen LogP contribution in [-0.2, 0) is 0 Å². The van der Waals surface area contributed by atoms with E-state index in [1.54, 1.807) is 6.20 Å². The number of imidazole rings is 1. The molecule has 5 nitrogen and oxygen atoms in total. The number of carbonyl (C=O) groups excluding carboxylic acids is 1. The van der Waals surface area contributed by atoms with E-state index >= 15 is 0 Å². The lowest BCUT2D eigenvalue weighted by atomic mass is 9.85. The molecule has 2 aromatic heterocycles. The van der Waals surface area contributed by atoms with Crippen LogP contribution in [0.5, 0.6) is 0 Å². The van der Waals surface area contributed by atoms with Crippen molar-refractivity contribution >= 4 is 11.9 Å². The molecule has 120 valence electrons. The highest BCUT2D eigenvalue weighted by Crippen LogP contribution is 2.42. The van der Waals surface area contributed by atoms with Crippen LogP contribution in [0.2, 0.25) is 0 Å². The number of aldehydes is 1. The lowest BCUT2D eigenvalue weighted by Crippen LogP contribution is -2.32. The van der Waals surface area contributed by atoms with Crippen molar-refractivity contribution < 1.29 is 18.0 Å². The highest BCUT2D eigenvalue weighted by molar-refractivity contribution is 5.75. The molecule has 0 spiro atoms. The average Bonchev–Trinajstić information content (AvgIpc) is 2.86. The molecule has 0 radical (unpaired) electrons. The Balaban J connectivity index is 2.13. The van der Waals surface area contributed by atoms with Crippen LogP contribution in [0, 0.1) is 5.41 Å². The molecule has 0 aromatic carbocycles. The van der Waals surface area contributed by atoms with Gasteiger partial charge in [0, 0.05) is 11.6 Å². The van der Waals surface area contributed by atoms with Crippen LogP contribution in [0.4, 0.5) is 13.2 Å². The van der Waals surface area contributed by atoms with Gasteiger partial charge < -0.3 is 5.73 Å². The molecule has 22 heavy (non-hydrogen) atoms. The van der Waals surface area contributed by atoms with E-state index in [4.69, 9.17) is 5.73 Å². The van der Waals surface area contributed by atoms with Gasteiger partial charge in [0.1, 0.15) is 0 Å². The molecular weight excluding hydrogens is 297 g/mol. The minimum atomic E-state index is -4.27. The van der Waals surface area contributed by atoms with E-state index in [2.05, 4.69) is 10.1 Å². The van der Waals surface area contributed by atoms with Crippen LogP contribution in [0.25, 0.3) is 5.65 Å². The number of nitrogens with zero attached hydrogens (tertiary/aromatic N) is 3. The molecule has 0 saturated carbocycles. The predicted molar refractivity (Wildman–Crippen MR) is 74.4 cm³/mol. The van der Waals surface area contributed by atoms with E-state index in [-0.39, 0.29) is 12.8 Å². The number of hydrogen-bond acceptors (Lipinski definition) is 4. The maximum Gasteiger partial charge on any atom is 0.393 e. The molecule has 0 saturated heterocycles. The molecule has 0 unspecified atom stereocenters. The molecule has 0 aliphatic heterocycles. The smallest absolute Gasteiger partial charge is 0.323 e. The molecule has 2 rings (SSSR count). The molecule has 0 aliphatic carbocycles. The van der Waals surface area contributed by atoms with Gasteiger partial charge in [-0.05, 0) is 18.9 Å². The minimum absolute atomic E-state index is 0.0987. The maximum absolute atomic E-state index is 12.8. The van der Waals surface area contributed by atoms with Crippen LogP contribution >= 0.6 is 0 Å². The van der Waals surface area contributed by atoms with Crippen molar-refractivity contribution in [2.75, 3.05) is 0 Å². The van der Waals surface area contributed by atoms with Gasteiger partial charge in [0.05, 0.1) is 23.5 Å². The van der Waals surface area contributed by atoms with Crippen LogP contribution in [-0.4, -0.2) is 27.1 Å². The zero-order chi connectivity index (χ0) is 16.5. The summed E-state index contributed by atoms with van der Waals surface area (Å²) >= 11 is 0. The number of hydrogen-bond donors (Lipinski definition) is 1. The van der Waals surface area contributed by atoms with E-state index in [9.17, 15) is 18.0 Å². The topological polar surface area (TPSA) is 73.3 Å². The monoisotopic (exact) mass is 314 g/mol. The van der Waals surface area contributed by atoms with Gasteiger partial charge in [0.15, 0.2) is 11.9 Å². The van der Waals surface area contributed by atoms with Crippen molar-refractivity contribution in [1.29, 1.82) is 0 Å². The van der Waals surface area contributed by atoms with Crippen molar-refractivity contribution in [3.8, 4) is 0 Å². The van der Waals surface area contributed by atoms with Gasteiger partial charge in [-0.2, -0.15) is 18.3 Å². The summed E-state index contributed by atoms with van der Waals surface area (Å²) < 4.78 is 39.9. The second kappa shape index (κ2) is 5.68. The van der Waals surface area contributed by atoms with Crippen molar-refractivity contribution in [3.63, 3.8) is 0 Å². The Morgan fingerprint density at radius 2 is 2.09 bits per heavy atom. The first-order chi connectivity index (χ1) is 10.1. The number of halogens is 3. The second-order valence-corrected chi connectivity index (χ2v) is 5.90. The first-order valence-corrected chi connectivity index (χ1v) is 6.77. The van der Waals surface area contributed by atoms with Crippen LogP contribution < -0.4 is 5.73 Å². The summed E-state index contributed by atoms with van der Waals surface area (Å²) in [6, 6.07) is 0.915. The third-order valence-corrected chi connectivity index (χ3v) is 3.72. The summed E-state index contributed by atoms with van der Waals surface area (Å²) in [6.45, 7) is 2.31. The Hall–Kier alpha value is -1.96. The van der Waals surface area contributed by atoms with Gasteiger partial charge in [-0.1, -0.05) is 13.8 Å². The lowest BCUT2D eigenvalue weighted by molar-refractivity contribution is -0.214. The largest absolute Gasteiger partial charge is 0.393 e. The van der Waals surface area contributed by atoms with Crippen LogP contribution in [0.3, 0.4) is 0 Å². The summed E-state index contributed by atoms with van der Waals surface area (Å²) in [5.74, 6) is 0. The third-order valence-electron chi connectivity index (χ3n) is 3.72.